The fraction of sp³-hybridized carbons (Fsp3) is 0. The Morgan fingerprint density at radius 3 is 1.93 bits per heavy atom. The van der Waals surface area contributed by atoms with E-state index < -0.39 is 0 Å². The number of pyridine rings is 1. The molecule has 0 spiro atoms. The predicted octanol–water partition coefficient (Wildman–Crippen LogP) is 13.7. The van der Waals surface area contributed by atoms with Gasteiger partial charge in [0.15, 0.2) is 5.82 Å². The molecule has 5 heteroatoms. The third-order valence-electron chi connectivity index (χ3n) is 10.7. The van der Waals surface area contributed by atoms with E-state index in [0.717, 1.165) is 56.0 Å². The minimum absolute atomic E-state index is 0.694. The summed E-state index contributed by atoms with van der Waals surface area (Å²) >= 11 is 1.82. The van der Waals surface area contributed by atoms with Gasteiger partial charge in [-0.15, -0.1) is 11.3 Å². The van der Waals surface area contributed by atoms with E-state index in [2.05, 4.69) is 167 Å². The van der Waals surface area contributed by atoms with Crippen LogP contribution in [0.15, 0.2) is 194 Å². The van der Waals surface area contributed by atoms with Crippen molar-refractivity contribution >= 4 is 53.3 Å². The van der Waals surface area contributed by atoms with Gasteiger partial charge >= 0.3 is 0 Å². The Balaban J connectivity index is 1.14. The van der Waals surface area contributed by atoms with E-state index in [4.69, 9.17) is 9.97 Å². The number of fused-ring (bicyclic) bond motifs is 6. The molecule has 7 aromatic carbocycles. The Morgan fingerprint density at radius 2 is 1.09 bits per heavy atom. The molecule has 0 radical (unpaired) electrons. The van der Waals surface area contributed by atoms with Gasteiger partial charge < -0.3 is 4.57 Å². The lowest BCUT2D eigenvalue weighted by atomic mass is 9.94. The van der Waals surface area contributed by atoms with Crippen LogP contribution in [-0.2, 0) is 0 Å². The molecule has 4 aromatic heterocycles. The number of hydrogen-bond acceptors (Lipinski definition) is 4. The van der Waals surface area contributed by atoms with E-state index in [0.29, 0.717) is 5.82 Å². The van der Waals surface area contributed by atoms with Crippen molar-refractivity contribution in [2.24, 2.45) is 0 Å². The van der Waals surface area contributed by atoms with E-state index >= 15 is 0 Å². The molecule has 4 heterocycles. The van der Waals surface area contributed by atoms with Crippen molar-refractivity contribution in [3.05, 3.63) is 194 Å². The SMILES string of the molecule is c1ccc(-c2nc(-c3cc(-c4cccnc4)cc(-c4ccc5c(c4)c4ccccc4n5-c4ccccc4)c3)cc(-c3cccc4c3sc3ccccc34)n2)cc1. The predicted molar refractivity (Wildman–Crippen MR) is 234 cm³/mol. The molecule has 0 unspecified atom stereocenters. The first-order valence-corrected chi connectivity index (χ1v) is 19.6. The molecular weight excluding hydrogens is 701 g/mol. The van der Waals surface area contributed by atoms with Gasteiger partial charge in [-0.1, -0.05) is 115 Å². The third-order valence-corrected chi connectivity index (χ3v) is 11.9. The zero-order valence-corrected chi connectivity index (χ0v) is 31.0. The lowest BCUT2D eigenvalue weighted by Crippen LogP contribution is -1.97. The largest absolute Gasteiger partial charge is 0.309 e. The molecule has 0 aliphatic rings. The first-order valence-electron chi connectivity index (χ1n) is 18.8. The fourth-order valence-electron chi connectivity index (χ4n) is 8.05. The average molecular weight is 733 g/mol. The smallest absolute Gasteiger partial charge is 0.160 e. The maximum Gasteiger partial charge on any atom is 0.160 e. The molecule has 11 rings (SSSR count). The summed E-state index contributed by atoms with van der Waals surface area (Å²) in [6, 6.07) is 64.7. The van der Waals surface area contributed by atoms with E-state index in [1.807, 2.05) is 48.0 Å². The molecule has 0 saturated heterocycles. The van der Waals surface area contributed by atoms with Crippen molar-refractivity contribution in [2.45, 2.75) is 0 Å². The van der Waals surface area contributed by atoms with Crippen molar-refractivity contribution < 1.29 is 0 Å². The fourth-order valence-corrected chi connectivity index (χ4v) is 9.27. The Kier molecular flexibility index (Phi) is 7.64. The Labute approximate surface area is 327 Å². The summed E-state index contributed by atoms with van der Waals surface area (Å²) in [6.07, 6.45) is 3.75. The molecule has 56 heavy (non-hydrogen) atoms. The number of para-hydroxylation sites is 2. The summed E-state index contributed by atoms with van der Waals surface area (Å²) in [5, 5.41) is 4.95. The van der Waals surface area contributed by atoms with E-state index in [1.165, 1.54) is 42.0 Å². The molecule has 0 bridgehead atoms. The number of hydrogen-bond donors (Lipinski definition) is 0. The zero-order valence-electron chi connectivity index (χ0n) is 30.2. The van der Waals surface area contributed by atoms with Crippen LogP contribution in [0.1, 0.15) is 0 Å². The Morgan fingerprint density at radius 1 is 0.411 bits per heavy atom. The Bertz CT molecular complexity index is 3240. The van der Waals surface area contributed by atoms with Crippen LogP contribution in [0, 0.1) is 0 Å². The minimum atomic E-state index is 0.694. The summed E-state index contributed by atoms with van der Waals surface area (Å²) in [5.74, 6) is 0.694. The third kappa shape index (κ3) is 5.48. The van der Waals surface area contributed by atoms with Crippen LogP contribution in [0.3, 0.4) is 0 Å². The van der Waals surface area contributed by atoms with Crippen LogP contribution in [0.5, 0.6) is 0 Å². The summed E-state index contributed by atoms with van der Waals surface area (Å²) in [5.41, 5.74) is 12.7. The van der Waals surface area contributed by atoms with Crippen LogP contribution in [0.4, 0.5) is 0 Å². The lowest BCUT2D eigenvalue weighted by molar-refractivity contribution is 1.18. The topological polar surface area (TPSA) is 43.6 Å². The van der Waals surface area contributed by atoms with Gasteiger partial charge in [0.05, 0.1) is 22.4 Å². The highest BCUT2D eigenvalue weighted by molar-refractivity contribution is 7.26. The summed E-state index contributed by atoms with van der Waals surface area (Å²) in [4.78, 5) is 15.0. The number of thiophene rings is 1. The number of nitrogens with zero attached hydrogens (tertiary/aromatic N) is 4. The molecule has 11 aromatic rings. The lowest BCUT2D eigenvalue weighted by Gasteiger charge is -2.14. The quantitative estimate of drug-likeness (QED) is 0.171. The normalized spacial score (nSPS) is 11.6. The van der Waals surface area contributed by atoms with Gasteiger partial charge in [0.1, 0.15) is 0 Å². The van der Waals surface area contributed by atoms with E-state index in [1.54, 1.807) is 0 Å². The Hall–Kier alpha value is -7.21. The van der Waals surface area contributed by atoms with Crippen LogP contribution < -0.4 is 0 Å². The molecule has 0 aliphatic heterocycles. The highest BCUT2D eigenvalue weighted by Gasteiger charge is 2.18. The van der Waals surface area contributed by atoms with Crippen molar-refractivity contribution in [1.82, 2.24) is 19.5 Å². The summed E-state index contributed by atoms with van der Waals surface area (Å²) in [6.45, 7) is 0. The monoisotopic (exact) mass is 732 g/mol. The van der Waals surface area contributed by atoms with Gasteiger partial charge in [0.2, 0.25) is 0 Å². The molecule has 4 nitrogen and oxygen atoms in total. The van der Waals surface area contributed by atoms with Gasteiger partial charge in [-0.05, 0) is 83.4 Å². The van der Waals surface area contributed by atoms with Crippen LogP contribution in [-0.4, -0.2) is 19.5 Å². The molecule has 0 atom stereocenters. The number of rotatable bonds is 6. The van der Waals surface area contributed by atoms with Crippen LogP contribution in [0.2, 0.25) is 0 Å². The molecule has 0 fully saturated rings. The molecule has 0 saturated carbocycles. The number of aromatic nitrogens is 4. The molecule has 0 amide bonds. The zero-order chi connectivity index (χ0) is 37.0. The minimum Gasteiger partial charge on any atom is -0.309 e. The van der Waals surface area contributed by atoms with Gasteiger partial charge in [0.25, 0.3) is 0 Å². The highest BCUT2D eigenvalue weighted by Crippen LogP contribution is 2.42. The van der Waals surface area contributed by atoms with Gasteiger partial charge in [-0.2, -0.15) is 0 Å². The van der Waals surface area contributed by atoms with E-state index in [-0.39, 0.29) is 0 Å². The van der Waals surface area contributed by atoms with Crippen LogP contribution in [0.25, 0.3) is 104 Å². The van der Waals surface area contributed by atoms with Crippen molar-refractivity contribution in [3.8, 4) is 61.8 Å². The van der Waals surface area contributed by atoms with Crippen molar-refractivity contribution in [1.29, 1.82) is 0 Å². The molecular formula is C51H32N4S. The first-order chi connectivity index (χ1) is 27.7. The van der Waals surface area contributed by atoms with Gasteiger partial charge in [-0.25, -0.2) is 9.97 Å². The molecule has 0 aliphatic carbocycles. The maximum atomic E-state index is 5.29. The molecule has 262 valence electrons. The standard InChI is InChI=1S/C51H32N4S/c1-3-13-33(14-4-1)51-53-45(31-46(54-51)43-21-11-20-42-41-19-8-10-23-49(41)56-50(42)43)38-28-36(27-37(29-38)35-15-12-26-52-32-35)34-24-25-48-44(30-34)40-18-7-9-22-47(40)55(48)39-16-5-2-6-17-39/h1-32H. The van der Waals surface area contributed by atoms with Gasteiger partial charge in [-0.3, -0.25) is 4.98 Å². The molecule has 0 N–H and O–H groups in total. The van der Waals surface area contributed by atoms with Crippen molar-refractivity contribution in [2.75, 3.05) is 0 Å². The summed E-state index contributed by atoms with van der Waals surface area (Å²) in [7, 11) is 0. The second-order valence-corrected chi connectivity index (χ2v) is 15.1. The van der Waals surface area contributed by atoms with E-state index in [9.17, 15) is 0 Å². The second kappa shape index (κ2) is 13.3. The summed E-state index contributed by atoms with van der Waals surface area (Å²) < 4.78 is 4.85. The second-order valence-electron chi connectivity index (χ2n) is 14.1. The number of benzene rings is 7. The van der Waals surface area contributed by atoms with Crippen molar-refractivity contribution in [3.63, 3.8) is 0 Å². The van der Waals surface area contributed by atoms with Crippen LogP contribution >= 0.6 is 11.3 Å². The first kappa shape index (κ1) is 32.2. The maximum absolute atomic E-state index is 5.29. The van der Waals surface area contributed by atoms with Gasteiger partial charge in [0, 0.05) is 71.3 Å². The average Bonchev–Trinajstić information content (AvgIpc) is 3.83. The highest BCUT2D eigenvalue weighted by atomic mass is 32.1.